The molecule has 2 aromatic rings. The second kappa shape index (κ2) is 8.04. The summed E-state index contributed by atoms with van der Waals surface area (Å²) in [6.07, 6.45) is 1.91. The molecule has 9 nitrogen and oxygen atoms in total. The van der Waals surface area contributed by atoms with Crippen molar-refractivity contribution >= 4 is 17.9 Å². The maximum atomic E-state index is 12.2. The van der Waals surface area contributed by atoms with E-state index in [-0.39, 0.29) is 5.92 Å². The third kappa shape index (κ3) is 5.13. The summed E-state index contributed by atoms with van der Waals surface area (Å²) in [4.78, 5) is 38.8. The van der Waals surface area contributed by atoms with Gasteiger partial charge in [-0.1, -0.05) is 26.0 Å². The van der Waals surface area contributed by atoms with Crippen LogP contribution in [0.15, 0.2) is 36.9 Å². The number of urea groups is 1. The van der Waals surface area contributed by atoms with Crippen molar-refractivity contribution in [3.8, 4) is 0 Å². The third-order valence-corrected chi connectivity index (χ3v) is 3.35. The van der Waals surface area contributed by atoms with Gasteiger partial charge in [0, 0.05) is 0 Å². The minimum atomic E-state index is -1.12. The number of nitrogens with two attached hydrogens (primary N) is 1. The van der Waals surface area contributed by atoms with E-state index in [1.807, 2.05) is 5.32 Å². The van der Waals surface area contributed by atoms with Crippen molar-refractivity contribution in [2.45, 2.75) is 26.5 Å². The van der Waals surface area contributed by atoms with Crippen molar-refractivity contribution in [2.24, 2.45) is 11.7 Å². The number of primary amides is 1. The number of ether oxygens (including phenoxy) is 1. The molecular formula is C16H19N5O4. The van der Waals surface area contributed by atoms with Crippen molar-refractivity contribution in [2.75, 3.05) is 0 Å². The molecule has 0 aliphatic carbocycles. The molecule has 0 spiro atoms. The summed E-state index contributed by atoms with van der Waals surface area (Å²) >= 11 is 0. The molecule has 0 bridgehead atoms. The number of esters is 1. The first-order valence-corrected chi connectivity index (χ1v) is 7.59. The summed E-state index contributed by atoms with van der Waals surface area (Å²) in [6, 6.07) is 5.71. The van der Waals surface area contributed by atoms with Crippen LogP contribution < -0.4 is 11.1 Å². The fourth-order valence-corrected chi connectivity index (χ4v) is 2.12. The van der Waals surface area contributed by atoms with Crippen LogP contribution in [0.25, 0.3) is 0 Å². The van der Waals surface area contributed by atoms with Gasteiger partial charge in [-0.15, -0.1) is 0 Å². The van der Waals surface area contributed by atoms with E-state index in [0.717, 1.165) is 5.56 Å². The van der Waals surface area contributed by atoms with Crippen LogP contribution in [0, 0.1) is 5.92 Å². The molecule has 1 unspecified atom stereocenters. The number of hydrogen-bond acceptors (Lipinski definition) is 6. The van der Waals surface area contributed by atoms with Gasteiger partial charge in [0.1, 0.15) is 12.7 Å². The van der Waals surface area contributed by atoms with Crippen LogP contribution in [0.3, 0.4) is 0 Å². The van der Waals surface area contributed by atoms with Crippen LogP contribution in [0.5, 0.6) is 0 Å². The zero-order chi connectivity index (χ0) is 18.4. The van der Waals surface area contributed by atoms with E-state index in [2.05, 4.69) is 10.1 Å². The van der Waals surface area contributed by atoms with Crippen molar-refractivity contribution in [1.29, 1.82) is 0 Å². The maximum absolute atomic E-state index is 12.2. The number of aromatic nitrogens is 3. The molecule has 9 heteroatoms. The highest BCUT2D eigenvalue weighted by Gasteiger charge is 2.27. The van der Waals surface area contributed by atoms with Gasteiger partial charge in [0.25, 0.3) is 5.91 Å². The molecular weight excluding hydrogens is 326 g/mol. The molecule has 2 rings (SSSR count). The molecule has 0 fully saturated rings. The first kappa shape index (κ1) is 18.1. The van der Waals surface area contributed by atoms with Gasteiger partial charge in [0.2, 0.25) is 0 Å². The summed E-state index contributed by atoms with van der Waals surface area (Å²) in [5.74, 6) is -1.74. The average Bonchev–Trinajstić information content (AvgIpc) is 3.05. The van der Waals surface area contributed by atoms with E-state index in [1.54, 1.807) is 49.1 Å². The lowest BCUT2D eigenvalue weighted by molar-refractivity contribution is -0.130. The molecule has 0 aliphatic heterocycles. The lowest BCUT2D eigenvalue weighted by atomic mass is 10.1. The first-order chi connectivity index (χ1) is 11.9. The fraction of sp³-hybridized carbons (Fsp3) is 0.312. The number of nitrogens with zero attached hydrogens (tertiary/aromatic N) is 3. The van der Waals surface area contributed by atoms with E-state index in [4.69, 9.17) is 10.5 Å². The molecule has 0 aliphatic rings. The van der Waals surface area contributed by atoms with E-state index in [0.29, 0.717) is 12.1 Å². The average molecular weight is 345 g/mol. The lowest BCUT2D eigenvalue weighted by Gasteiger charge is -2.19. The maximum Gasteiger partial charge on any atom is 0.338 e. The third-order valence-electron chi connectivity index (χ3n) is 3.35. The number of imide groups is 1. The number of rotatable bonds is 6. The zero-order valence-electron chi connectivity index (χ0n) is 13.9. The smallest absolute Gasteiger partial charge is 0.338 e. The van der Waals surface area contributed by atoms with Crippen LogP contribution in [-0.4, -0.2) is 38.8 Å². The Bertz CT molecular complexity index is 740. The predicted molar refractivity (Wildman–Crippen MR) is 87.3 cm³/mol. The summed E-state index contributed by atoms with van der Waals surface area (Å²) in [7, 11) is 0. The second-order valence-corrected chi connectivity index (χ2v) is 5.71. The molecule has 3 N–H and O–H groups in total. The number of nitrogens with one attached hydrogen (secondary N) is 1. The summed E-state index contributed by atoms with van der Waals surface area (Å²) in [6.45, 7) is 3.91. The Balaban J connectivity index is 2.03. The Morgan fingerprint density at radius 2 is 1.92 bits per heavy atom. The predicted octanol–water partition coefficient (Wildman–Crippen LogP) is 0.703. The fourth-order valence-electron chi connectivity index (χ4n) is 2.12. The van der Waals surface area contributed by atoms with Gasteiger partial charge in [-0.05, 0) is 23.6 Å². The first-order valence-electron chi connectivity index (χ1n) is 7.59. The Morgan fingerprint density at radius 3 is 2.44 bits per heavy atom. The van der Waals surface area contributed by atoms with Crippen LogP contribution in [0.1, 0.15) is 29.8 Å². The molecule has 0 saturated heterocycles. The van der Waals surface area contributed by atoms with Gasteiger partial charge in [-0.3, -0.25) is 10.1 Å². The molecule has 0 saturated carbocycles. The Kier molecular flexibility index (Phi) is 5.83. The Morgan fingerprint density at radius 1 is 1.24 bits per heavy atom. The van der Waals surface area contributed by atoms with Crippen LogP contribution in [0.2, 0.25) is 0 Å². The highest BCUT2D eigenvalue weighted by atomic mass is 16.5. The van der Waals surface area contributed by atoms with E-state index in [9.17, 15) is 14.4 Å². The normalized spacial score (nSPS) is 11.8. The van der Waals surface area contributed by atoms with E-state index >= 15 is 0 Å². The van der Waals surface area contributed by atoms with Gasteiger partial charge in [-0.25, -0.2) is 19.3 Å². The second-order valence-electron chi connectivity index (χ2n) is 5.71. The van der Waals surface area contributed by atoms with E-state index in [1.165, 1.54) is 6.33 Å². The summed E-state index contributed by atoms with van der Waals surface area (Å²) in [5.41, 5.74) is 6.14. The minimum Gasteiger partial charge on any atom is -0.448 e. The molecule has 0 radical (unpaired) electrons. The van der Waals surface area contributed by atoms with Gasteiger partial charge in [0.15, 0.2) is 6.10 Å². The van der Waals surface area contributed by atoms with Crippen LogP contribution >= 0.6 is 0 Å². The SMILES string of the molecule is CC(C)C(OC(=O)c1ccc(Cn2cncn2)cc1)C(=O)NC(N)=O. The Hall–Kier alpha value is -3.23. The molecule has 3 amide bonds. The molecule has 1 aromatic carbocycles. The Labute approximate surface area is 144 Å². The molecule has 1 aromatic heterocycles. The number of amides is 3. The summed E-state index contributed by atoms with van der Waals surface area (Å²) in [5, 5.41) is 5.92. The van der Waals surface area contributed by atoms with Gasteiger partial charge in [-0.2, -0.15) is 5.10 Å². The summed E-state index contributed by atoms with van der Waals surface area (Å²) < 4.78 is 6.87. The topological polar surface area (TPSA) is 129 Å². The molecule has 132 valence electrons. The largest absolute Gasteiger partial charge is 0.448 e. The van der Waals surface area contributed by atoms with Gasteiger partial charge < -0.3 is 10.5 Å². The van der Waals surface area contributed by atoms with Crippen LogP contribution in [0.4, 0.5) is 4.79 Å². The lowest BCUT2D eigenvalue weighted by Crippen LogP contribution is -2.45. The quantitative estimate of drug-likeness (QED) is 0.742. The van der Waals surface area contributed by atoms with Gasteiger partial charge in [0.05, 0.1) is 12.1 Å². The van der Waals surface area contributed by atoms with Crippen molar-refractivity contribution in [3.05, 3.63) is 48.0 Å². The van der Waals surface area contributed by atoms with Crippen molar-refractivity contribution in [1.82, 2.24) is 20.1 Å². The molecule has 1 atom stereocenters. The molecule has 25 heavy (non-hydrogen) atoms. The highest BCUT2D eigenvalue weighted by Crippen LogP contribution is 2.12. The zero-order valence-corrected chi connectivity index (χ0v) is 13.9. The number of carbonyl (C=O) groups is 3. The van der Waals surface area contributed by atoms with Crippen molar-refractivity contribution < 1.29 is 19.1 Å². The van der Waals surface area contributed by atoms with Crippen LogP contribution in [-0.2, 0) is 16.1 Å². The molecule has 1 heterocycles. The number of hydrogen-bond donors (Lipinski definition) is 2. The number of benzene rings is 1. The van der Waals surface area contributed by atoms with Crippen molar-refractivity contribution in [3.63, 3.8) is 0 Å². The van der Waals surface area contributed by atoms with E-state index < -0.39 is 24.0 Å². The minimum absolute atomic E-state index is 0.292. The number of carbonyl (C=O) groups excluding carboxylic acids is 3. The highest BCUT2D eigenvalue weighted by molar-refractivity contribution is 5.98. The monoisotopic (exact) mass is 345 g/mol. The van der Waals surface area contributed by atoms with Gasteiger partial charge >= 0.3 is 12.0 Å². The standard InChI is InChI=1S/C16H19N5O4/c1-10(2)13(14(22)20-16(17)24)25-15(23)12-5-3-11(4-6-12)7-21-9-18-8-19-21/h3-6,8-10,13H,7H2,1-2H3,(H3,17,20,22,24).